The Morgan fingerprint density at radius 2 is 1.86 bits per heavy atom. The molecule has 0 unspecified atom stereocenters. The van der Waals surface area contributed by atoms with E-state index in [0.29, 0.717) is 17.8 Å². The molecular formula is C11H21N3. The second-order valence-electron chi connectivity index (χ2n) is 4.23. The van der Waals surface area contributed by atoms with Gasteiger partial charge in [0.05, 0.1) is 0 Å². The number of allylic oxidation sites excluding steroid dienone is 1. The van der Waals surface area contributed by atoms with Gasteiger partial charge in [-0.15, -0.1) is 0 Å². The van der Waals surface area contributed by atoms with Gasteiger partial charge in [0.15, 0.2) is 0 Å². The molecule has 1 saturated carbocycles. The summed E-state index contributed by atoms with van der Waals surface area (Å²) in [6.07, 6.45) is 6.51. The average Bonchev–Trinajstić information content (AvgIpc) is 2.16. The first-order valence-electron chi connectivity index (χ1n) is 5.33. The molecule has 0 aromatic carbocycles. The zero-order valence-electron chi connectivity index (χ0n) is 9.14. The van der Waals surface area contributed by atoms with Gasteiger partial charge < -0.3 is 16.5 Å². The Balaban J connectivity index is 2.32. The molecule has 1 rings (SSSR count). The second-order valence-corrected chi connectivity index (χ2v) is 4.23. The Kier molecular flexibility index (Phi) is 4.14. The van der Waals surface area contributed by atoms with Crippen molar-refractivity contribution >= 4 is 5.71 Å². The van der Waals surface area contributed by atoms with E-state index in [2.05, 4.69) is 5.32 Å². The molecule has 0 heterocycles. The van der Waals surface area contributed by atoms with E-state index in [1.807, 2.05) is 20.0 Å². The van der Waals surface area contributed by atoms with Crippen LogP contribution in [0.3, 0.4) is 0 Å². The first kappa shape index (κ1) is 11.2. The number of hydrogen-bond donors (Lipinski definition) is 3. The van der Waals surface area contributed by atoms with Crippen LogP contribution in [0.1, 0.15) is 39.5 Å². The van der Waals surface area contributed by atoms with Gasteiger partial charge in [-0.05, 0) is 45.1 Å². The largest absolute Gasteiger partial charge is 0.388 e. The van der Waals surface area contributed by atoms with Gasteiger partial charge in [-0.2, -0.15) is 0 Å². The molecule has 0 aliphatic heterocycles. The molecule has 4 N–H and O–H groups in total. The minimum absolute atomic E-state index is 0.405. The van der Waals surface area contributed by atoms with E-state index in [0.717, 1.165) is 31.3 Å². The van der Waals surface area contributed by atoms with Crippen LogP contribution in [0.15, 0.2) is 11.8 Å². The van der Waals surface area contributed by atoms with Crippen LogP contribution in [-0.4, -0.2) is 17.8 Å². The zero-order valence-corrected chi connectivity index (χ0v) is 9.14. The predicted octanol–water partition coefficient (Wildman–Crippen LogP) is 1.79. The van der Waals surface area contributed by atoms with Crippen molar-refractivity contribution in [2.24, 2.45) is 5.73 Å². The van der Waals surface area contributed by atoms with Crippen LogP contribution in [-0.2, 0) is 0 Å². The summed E-state index contributed by atoms with van der Waals surface area (Å²) in [5, 5.41) is 10.8. The van der Waals surface area contributed by atoms with Gasteiger partial charge in [0.1, 0.15) is 0 Å². The number of hydrogen-bond acceptors (Lipinski definition) is 3. The molecule has 1 aliphatic rings. The molecule has 3 nitrogen and oxygen atoms in total. The lowest BCUT2D eigenvalue weighted by Crippen LogP contribution is -2.35. The van der Waals surface area contributed by atoms with E-state index >= 15 is 0 Å². The van der Waals surface area contributed by atoms with Gasteiger partial charge in [0.25, 0.3) is 0 Å². The maximum Gasteiger partial charge on any atom is 0.0326 e. The highest BCUT2D eigenvalue weighted by Crippen LogP contribution is 2.16. The summed E-state index contributed by atoms with van der Waals surface area (Å²) in [6.45, 7) is 3.77. The van der Waals surface area contributed by atoms with Crippen LogP contribution < -0.4 is 11.1 Å². The molecule has 0 radical (unpaired) electrons. The molecule has 0 aromatic rings. The number of nitrogens with two attached hydrogens (primary N) is 1. The van der Waals surface area contributed by atoms with Crippen LogP contribution in [0.25, 0.3) is 0 Å². The van der Waals surface area contributed by atoms with Crippen molar-refractivity contribution in [1.29, 1.82) is 5.41 Å². The van der Waals surface area contributed by atoms with Crippen molar-refractivity contribution in [3.63, 3.8) is 0 Å². The zero-order chi connectivity index (χ0) is 10.6. The monoisotopic (exact) mass is 195 g/mol. The van der Waals surface area contributed by atoms with Crippen molar-refractivity contribution in [3.05, 3.63) is 11.8 Å². The van der Waals surface area contributed by atoms with E-state index in [4.69, 9.17) is 11.1 Å². The summed E-state index contributed by atoms with van der Waals surface area (Å²) in [5.74, 6) is 0. The fourth-order valence-electron chi connectivity index (χ4n) is 1.64. The highest BCUT2D eigenvalue weighted by molar-refractivity contribution is 5.94. The lowest BCUT2D eigenvalue weighted by atomic mass is 9.92. The standard InChI is InChI=1S/C11H21N3/c1-8(9(2)12)7-14-11-5-3-10(13)4-6-11/h7,10-12,14H,3-6,13H2,1-2H3/b8-7-,12-9?/t10-,11-. The SMILES string of the molecule is CC(=N)/C(C)=C\N[C@H]1CC[C@H](N)CC1. The second kappa shape index (κ2) is 5.15. The smallest absolute Gasteiger partial charge is 0.0326 e. The van der Waals surface area contributed by atoms with Crippen LogP contribution in [0, 0.1) is 5.41 Å². The van der Waals surface area contributed by atoms with Gasteiger partial charge in [-0.25, -0.2) is 0 Å². The van der Waals surface area contributed by atoms with Crippen molar-refractivity contribution in [2.75, 3.05) is 0 Å². The minimum atomic E-state index is 0.405. The topological polar surface area (TPSA) is 61.9 Å². The molecular weight excluding hydrogens is 174 g/mol. The summed E-state index contributed by atoms with van der Waals surface area (Å²) in [4.78, 5) is 0. The summed E-state index contributed by atoms with van der Waals surface area (Å²) in [6, 6.07) is 0.965. The Morgan fingerprint density at radius 3 is 2.36 bits per heavy atom. The van der Waals surface area contributed by atoms with E-state index in [-0.39, 0.29) is 0 Å². The van der Waals surface area contributed by atoms with E-state index in [1.165, 1.54) is 0 Å². The predicted molar refractivity (Wildman–Crippen MR) is 60.5 cm³/mol. The van der Waals surface area contributed by atoms with Crippen molar-refractivity contribution in [1.82, 2.24) is 5.32 Å². The van der Waals surface area contributed by atoms with Crippen LogP contribution in [0.2, 0.25) is 0 Å². The lowest BCUT2D eigenvalue weighted by molar-refractivity contribution is 0.366. The maximum atomic E-state index is 7.42. The molecule has 0 bridgehead atoms. The third kappa shape index (κ3) is 3.50. The molecule has 1 fully saturated rings. The van der Waals surface area contributed by atoms with Gasteiger partial charge in [0, 0.05) is 24.0 Å². The molecule has 0 amide bonds. The molecule has 0 aromatic heterocycles. The quantitative estimate of drug-likeness (QED) is 0.601. The maximum absolute atomic E-state index is 7.42. The Hall–Kier alpha value is -0.830. The van der Waals surface area contributed by atoms with E-state index < -0.39 is 0 Å². The average molecular weight is 195 g/mol. The van der Waals surface area contributed by atoms with E-state index in [9.17, 15) is 0 Å². The van der Waals surface area contributed by atoms with E-state index in [1.54, 1.807) is 0 Å². The van der Waals surface area contributed by atoms with Gasteiger partial charge >= 0.3 is 0 Å². The molecule has 14 heavy (non-hydrogen) atoms. The molecule has 0 saturated heterocycles. The first-order valence-corrected chi connectivity index (χ1v) is 5.33. The van der Waals surface area contributed by atoms with Gasteiger partial charge in [-0.1, -0.05) is 0 Å². The molecule has 3 heteroatoms. The highest BCUT2D eigenvalue weighted by Gasteiger charge is 2.16. The Bertz CT molecular complexity index is 225. The summed E-state index contributed by atoms with van der Waals surface area (Å²) < 4.78 is 0. The fourth-order valence-corrected chi connectivity index (χ4v) is 1.64. The number of rotatable bonds is 3. The number of nitrogens with one attached hydrogen (secondary N) is 2. The minimum Gasteiger partial charge on any atom is -0.388 e. The van der Waals surface area contributed by atoms with Crippen molar-refractivity contribution in [2.45, 2.75) is 51.6 Å². The third-order valence-electron chi connectivity index (χ3n) is 2.90. The molecule has 1 aliphatic carbocycles. The Labute approximate surface area is 86.3 Å². The normalized spacial score (nSPS) is 28.6. The van der Waals surface area contributed by atoms with Crippen molar-refractivity contribution < 1.29 is 0 Å². The van der Waals surface area contributed by atoms with Crippen LogP contribution in [0.4, 0.5) is 0 Å². The Morgan fingerprint density at radius 1 is 1.29 bits per heavy atom. The van der Waals surface area contributed by atoms with Crippen LogP contribution in [0.5, 0.6) is 0 Å². The fraction of sp³-hybridized carbons (Fsp3) is 0.727. The molecule has 0 spiro atoms. The lowest BCUT2D eigenvalue weighted by Gasteiger charge is -2.26. The summed E-state index contributed by atoms with van der Waals surface area (Å²) in [5.41, 5.74) is 7.47. The molecule has 80 valence electrons. The third-order valence-corrected chi connectivity index (χ3v) is 2.90. The van der Waals surface area contributed by atoms with Gasteiger partial charge in [-0.3, -0.25) is 0 Å². The van der Waals surface area contributed by atoms with Crippen molar-refractivity contribution in [3.8, 4) is 0 Å². The first-order chi connectivity index (χ1) is 6.59. The van der Waals surface area contributed by atoms with Gasteiger partial charge in [0.2, 0.25) is 0 Å². The summed E-state index contributed by atoms with van der Waals surface area (Å²) >= 11 is 0. The molecule has 0 atom stereocenters. The highest BCUT2D eigenvalue weighted by atomic mass is 14.9. The summed E-state index contributed by atoms with van der Waals surface area (Å²) in [7, 11) is 0. The van der Waals surface area contributed by atoms with Crippen LogP contribution >= 0.6 is 0 Å².